The van der Waals surface area contributed by atoms with Crippen LogP contribution in [-0.2, 0) is 14.3 Å². The van der Waals surface area contributed by atoms with Crippen molar-refractivity contribution in [2.24, 2.45) is 0 Å². The van der Waals surface area contributed by atoms with Crippen LogP contribution in [0.5, 0.6) is 0 Å². The van der Waals surface area contributed by atoms with Crippen LogP contribution in [0.25, 0.3) is 0 Å². The van der Waals surface area contributed by atoms with E-state index < -0.39 is 18.2 Å². The van der Waals surface area contributed by atoms with Crippen molar-refractivity contribution < 1.29 is 24.5 Å². The number of rotatable bonds is 46. The monoisotopic (exact) mass is 890 g/mol. The Morgan fingerprint density at radius 3 is 1.33 bits per heavy atom. The summed E-state index contributed by atoms with van der Waals surface area (Å²) in [7, 11) is 0. The summed E-state index contributed by atoms with van der Waals surface area (Å²) in [5.41, 5.74) is 0. The minimum Gasteiger partial charge on any atom is -0.462 e. The molecule has 0 bridgehead atoms. The number of aliphatic hydroxyl groups is 2. The van der Waals surface area contributed by atoms with E-state index in [4.69, 9.17) is 4.74 Å². The maximum atomic E-state index is 13.2. The Labute approximate surface area is 395 Å². The summed E-state index contributed by atoms with van der Waals surface area (Å²) < 4.78 is 5.89. The molecule has 0 aliphatic rings. The molecule has 0 aromatic heterocycles. The van der Waals surface area contributed by atoms with E-state index in [0.717, 1.165) is 70.6 Å². The maximum absolute atomic E-state index is 13.2. The van der Waals surface area contributed by atoms with Gasteiger partial charge in [-0.25, -0.2) is 0 Å². The van der Waals surface area contributed by atoms with Gasteiger partial charge in [0.25, 0.3) is 0 Å². The van der Waals surface area contributed by atoms with Crippen molar-refractivity contribution in [1.29, 1.82) is 0 Å². The van der Waals surface area contributed by atoms with Crippen LogP contribution in [0.3, 0.4) is 0 Å². The second kappa shape index (κ2) is 50.8. The van der Waals surface area contributed by atoms with Crippen LogP contribution in [0.15, 0.2) is 97.2 Å². The quantitative estimate of drug-likeness (QED) is 0.0321. The molecule has 0 aliphatic carbocycles. The predicted molar refractivity (Wildman–Crippen MR) is 277 cm³/mol. The first-order valence-electron chi connectivity index (χ1n) is 26.6. The lowest BCUT2D eigenvalue weighted by Gasteiger charge is -2.24. The number of carbonyl (C=O) groups excluding carboxylic acids is 2. The van der Waals surface area contributed by atoms with E-state index in [1.165, 1.54) is 116 Å². The van der Waals surface area contributed by atoms with Crippen molar-refractivity contribution in [3.05, 3.63) is 97.2 Å². The van der Waals surface area contributed by atoms with Crippen molar-refractivity contribution in [2.45, 2.75) is 251 Å². The molecular formula is C58H99NO5. The molecule has 6 nitrogen and oxygen atoms in total. The number of carbonyl (C=O) groups is 2. The molecule has 0 saturated carbocycles. The Balaban J connectivity index is 4.74. The van der Waals surface area contributed by atoms with Gasteiger partial charge in [-0.15, -0.1) is 0 Å². The Morgan fingerprint density at radius 1 is 0.469 bits per heavy atom. The van der Waals surface area contributed by atoms with Crippen LogP contribution < -0.4 is 5.32 Å². The molecule has 64 heavy (non-hydrogen) atoms. The van der Waals surface area contributed by atoms with Crippen molar-refractivity contribution in [1.82, 2.24) is 5.32 Å². The second-order valence-corrected chi connectivity index (χ2v) is 17.7. The number of allylic oxidation sites excluding steroid dienone is 16. The van der Waals surface area contributed by atoms with E-state index in [2.05, 4.69) is 68.6 Å². The molecule has 0 fully saturated rings. The van der Waals surface area contributed by atoms with Gasteiger partial charge in [-0.1, -0.05) is 253 Å². The van der Waals surface area contributed by atoms with Gasteiger partial charge in [-0.2, -0.15) is 0 Å². The Bertz CT molecular complexity index is 1270. The molecule has 0 rings (SSSR count). The van der Waals surface area contributed by atoms with E-state index in [-0.39, 0.29) is 24.9 Å². The van der Waals surface area contributed by atoms with Gasteiger partial charge in [0.2, 0.25) is 5.91 Å². The molecule has 3 N–H and O–H groups in total. The SMILES string of the molecule is CC\C=C/C=C/C=C/C=C\C=C\C=C\CCCCCC(=O)OC(CCC/C=C/C=C/CCCCCCCCC)CC(=O)NC(CO)C(O)CCCCCCCCCCCCCCCC. The molecule has 0 aromatic carbocycles. The minimum atomic E-state index is -0.813. The highest BCUT2D eigenvalue weighted by Gasteiger charge is 2.24. The molecule has 1 amide bonds. The second-order valence-electron chi connectivity index (χ2n) is 17.7. The number of unbranched alkanes of at least 4 members (excludes halogenated alkanes) is 24. The van der Waals surface area contributed by atoms with Gasteiger partial charge in [0.15, 0.2) is 0 Å². The largest absolute Gasteiger partial charge is 0.462 e. The topological polar surface area (TPSA) is 95.9 Å². The molecule has 0 aliphatic heterocycles. The van der Waals surface area contributed by atoms with Crippen molar-refractivity contribution in [2.75, 3.05) is 6.61 Å². The molecule has 366 valence electrons. The molecule has 0 heterocycles. The maximum Gasteiger partial charge on any atom is 0.306 e. The number of aliphatic hydroxyl groups excluding tert-OH is 2. The molecule has 0 saturated heterocycles. The summed E-state index contributed by atoms with van der Waals surface area (Å²) in [5.74, 6) is -0.577. The van der Waals surface area contributed by atoms with E-state index in [9.17, 15) is 19.8 Å². The van der Waals surface area contributed by atoms with Crippen LogP contribution >= 0.6 is 0 Å². The lowest BCUT2D eigenvalue weighted by atomic mass is 10.0. The first kappa shape index (κ1) is 60.8. The highest BCUT2D eigenvalue weighted by molar-refractivity contribution is 5.77. The van der Waals surface area contributed by atoms with Gasteiger partial charge < -0.3 is 20.3 Å². The van der Waals surface area contributed by atoms with Crippen LogP contribution in [0.1, 0.15) is 233 Å². The minimum absolute atomic E-state index is 0.0212. The summed E-state index contributed by atoms with van der Waals surface area (Å²) in [5, 5.41) is 23.8. The highest BCUT2D eigenvalue weighted by atomic mass is 16.5. The summed E-state index contributed by atoms with van der Waals surface area (Å²) in [4.78, 5) is 26.2. The molecular weight excluding hydrogens is 791 g/mol. The average Bonchev–Trinajstić information content (AvgIpc) is 3.29. The Hall–Kier alpha value is -3.22. The van der Waals surface area contributed by atoms with Crippen molar-refractivity contribution >= 4 is 11.9 Å². The lowest BCUT2D eigenvalue weighted by Crippen LogP contribution is -2.46. The number of esters is 1. The fourth-order valence-electron chi connectivity index (χ4n) is 7.58. The Kier molecular flexibility index (Phi) is 48.2. The van der Waals surface area contributed by atoms with Gasteiger partial charge in [-0.3, -0.25) is 9.59 Å². The third-order valence-corrected chi connectivity index (χ3v) is 11.6. The molecule has 0 radical (unpaired) electrons. The van der Waals surface area contributed by atoms with Gasteiger partial charge >= 0.3 is 5.97 Å². The van der Waals surface area contributed by atoms with E-state index in [1.54, 1.807) is 0 Å². The van der Waals surface area contributed by atoms with E-state index in [0.29, 0.717) is 19.3 Å². The van der Waals surface area contributed by atoms with Crippen LogP contribution in [0.2, 0.25) is 0 Å². The van der Waals surface area contributed by atoms with Crippen molar-refractivity contribution in [3.63, 3.8) is 0 Å². The zero-order valence-electron chi connectivity index (χ0n) is 41.6. The predicted octanol–water partition coefficient (Wildman–Crippen LogP) is 16.1. The third-order valence-electron chi connectivity index (χ3n) is 11.6. The first-order chi connectivity index (χ1) is 31.5. The number of amides is 1. The zero-order chi connectivity index (χ0) is 46.7. The van der Waals surface area contributed by atoms with E-state index in [1.807, 2.05) is 54.7 Å². The molecule has 0 spiro atoms. The number of hydrogen-bond acceptors (Lipinski definition) is 5. The normalized spacial score (nSPS) is 14.0. The van der Waals surface area contributed by atoms with Crippen LogP contribution in [-0.4, -0.2) is 46.9 Å². The fourth-order valence-corrected chi connectivity index (χ4v) is 7.58. The van der Waals surface area contributed by atoms with Gasteiger partial charge in [0, 0.05) is 6.42 Å². The highest BCUT2D eigenvalue weighted by Crippen LogP contribution is 2.17. The standard InChI is InChI=1S/C58H99NO5/c1-4-7-10-13-16-19-22-25-28-29-30-33-36-39-42-45-48-51-58(63)64-54(49-46-43-40-37-34-31-26-23-20-17-14-11-8-5-2)52-57(62)59-55(53-60)56(61)50-47-44-41-38-35-32-27-24-21-18-15-12-9-6-3/h7,10,13,16,19,22,25,28-31,33-34,36-37,40,54-56,60-61H,4-6,8-9,11-12,14-15,17-18,20-21,23-24,26-27,32,35,38-39,41-53H2,1-3H3,(H,59,62)/b10-7-,16-13+,22-19+,28-25-,30-29+,34-31+,36-33+,40-37+. The number of hydrogen-bond donors (Lipinski definition) is 3. The molecule has 3 unspecified atom stereocenters. The summed E-state index contributed by atoms with van der Waals surface area (Å²) in [6.07, 6.45) is 67.5. The number of nitrogens with one attached hydrogen (secondary N) is 1. The fraction of sp³-hybridized carbons (Fsp3) is 0.690. The van der Waals surface area contributed by atoms with Crippen LogP contribution in [0.4, 0.5) is 0 Å². The van der Waals surface area contributed by atoms with Gasteiger partial charge in [0.05, 0.1) is 25.2 Å². The van der Waals surface area contributed by atoms with Crippen LogP contribution in [0, 0.1) is 0 Å². The first-order valence-corrected chi connectivity index (χ1v) is 26.6. The molecule has 6 heteroatoms. The Morgan fingerprint density at radius 2 is 0.859 bits per heavy atom. The van der Waals surface area contributed by atoms with E-state index >= 15 is 0 Å². The molecule has 0 aromatic rings. The summed E-state index contributed by atoms with van der Waals surface area (Å²) in [6, 6.07) is -0.731. The summed E-state index contributed by atoms with van der Waals surface area (Å²) in [6.45, 7) is 6.31. The smallest absolute Gasteiger partial charge is 0.306 e. The van der Waals surface area contributed by atoms with Gasteiger partial charge in [-0.05, 0) is 64.2 Å². The van der Waals surface area contributed by atoms with Crippen molar-refractivity contribution in [3.8, 4) is 0 Å². The third kappa shape index (κ3) is 45.4. The number of ether oxygens (including phenoxy) is 1. The summed E-state index contributed by atoms with van der Waals surface area (Å²) >= 11 is 0. The lowest BCUT2D eigenvalue weighted by molar-refractivity contribution is -0.151. The average molecular weight is 890 g/mol. The zero-order valence-corrected chi connectivity index (χ0v) is 41.6. The van der Waals surface area contributed by atoms with Gasteiger partial charge in [0.1, 0.15) is 6.10 Å². The molecule has 3 atom stereocenters.